The van der Waals surface area contributed by atoms with Gasteiger partial charge in [0.05, 0.1) is 14.2 Å². The summed E-state index contributed by atoms with van der Waals surface area (Å²) in [6.45, 7) is 1.94. The molecule has 8 nitrogen and oxygen atoms in total. The van der Waals surface area contributed by atoms with E-state index < -0.39 is 0 Å². The lowest BCUT2D eigenvalue weighted by Gasteiger charge is -2.36. The summed E-state index contributed by atoms with van der Waals surface area (Å²) in [7, 11) is 7.77. The van der Waals surface area contributed by atoms with Gasteiger partial charge in [-0.2, -0.15) is 0 Å². The molecule has 45 heavy (non-hydrogen) atoms. The predicted molar refractivity (Wildman–Crippen MR) is 171 cm³/mol. The minimum Gasteiger partial charge on any atom is -0.493 e. The Morgan fingerprint density at radius 3 is 2.27 bits per heavy atom. The summed E-state index contributed by atoms with van der Waals surface area (Å²) in [6, 6.07) is 21.5. The third-order valence-corrected chi connectivity index (χ3v) is 9.82. The van der Waals surface area contributed by atoms with Crippen LogP contribution in [0, 0.1) is 0 Å². The third-order valence-electron chi connectivity index (χ3n) is 9.82. The van der Waals surface area contributed by atoms with Crippen LogP contribution in [-0.2, 0) is 32.2 Å². The first kappa shape index (κ1) is 28.1. The molecule has 5 aliphatic heterocycles. The number of fused-ring (bicyclic) bond motifs is 3. The van der Waals surface area contributed by atoms with Gasteiger partial charge < -0.3 is 28.4 Å². The summed E-state index contributed by atoms with van der Waals surface area (Å²) >= 11 is 0. The second-order valence-electron chi connectivity index (χ2n) is 12.5. The lowest BCUT2D eigenvalue weighted by molar-refractivity contribution is 0.171. The zero-order chi connectivity index (χ0) is 30.7. The SMILES string of the molecule is COc1ccc2cc1Oc1ccc(cc1)C[C@H]1c3c(cc4c(c3Oc3cc5c(cc3OC)CN(C)[C@H](C2)C5)OCO4)CCN1C. The van der Waals surface area contributed by atoms with Gasteiger partial charge in [-0.3, -0.25) is 9.80 Å². The highest BCUT2D eigenvalue weighted by Gasteiger charge is 2.35. The normalized spacial score (nSPS) is 20.4. The average Bonchev–Trinajstić information content (AvgIpc) is 3.52. The molecule has 2 atom stereocenters. The zero-order valence-corrected chi connectivity index (χ0v) is 26.2. The van der Waals surface area contributed by atoms with Gasteiger partial charge in [-0.25, -0.2) is 0 Å². The van der Waals surface area contributed by atoms with Crippen LogP contribution in [0.2, 0.25) is 0 Å². The second-order valence-corrected chi connectivity index (χ2v) is 12.5. The first-order valence-corrected chi connectivity index (χ1v) is 15.6. The molecule has 9 rings (SSSR count). The molecule has 0 aliphatic carbocycles. The second kappa shape index (κ2) is 11.2. The van der Waals surface area contributed by atoms with Crippen LogP contribution in [0.1, 0.15) is 39.4 Å². The molecule has 0 saturated heterocycles. The molecular formula is C37H38N2O6. The van der Waals surface area contributed by atoms with E-state index in [1.165, 1.54) is 27.8 Å². The first-order chi connectivity index (χ1) is 22.0. The maximum absolute atomic E-state index is 6.95. The highest BCUT2D eigenvalue weighted by Crippen LogP contribution is 2.53. The number of likely N-dealkylation sites (N-methyl/N-ethyl adjacent to an activating group) is 2. The maximum atomic E-state index is 6.95. The smallest absolute Gasteiger partial charge is 0.231 e. The monoisotopic (exact) mass is 606 g/mol. The van der Waals surface area contributed by atoms with Crippen molar-refractivity contribution in [1.82, 2.24) is 9.80 Å². The molecule has 0 saturated carbocycles. The number of hydrogen-bond donors (Lipinski definition) is 0. The van der Waals surface area contributed by atoms with Crippen molar-refractivity contribution in [3.05, 3.63) is 94.0 Å². The van der Waals surface area contributed by atoms with Crippen molar-refractivity contribution < 1.29 is 28.4 Å². The number of nitrogens with zero attached hydrogens (tertiary/aromatic N) is 2. The Morgan fingerprint density at radius 2 is 1.44 bits per heavy atom. The Labute approximate surface area is 264 Å². The minimum atomic E-state index is 0.0746. The van der Waals surface area contributed by atoms with Crippen LogP contribution < -0.4 is 28.4 Å². The van der Waals surface area contributed by atoms with Gasteiger partial charge in [-0.05, 0) is 110 Å². The molecule has 7 bridgehead atoms. The predicted octanol–water partition coefficient (Wildman–Crippen LogP) is 6.70. The van der Waals surface area contributed by atoms with Crippen LogP contribution in [0.5, 0.6) is 46.0 Å². The molecule has 0 fully saturated rings. The molecule has 5 aliphatic rings. The van der Waals surface area contributed by atoms with E-state index in [4.69, 9.17) is 28.4 Å². The summed E-state index contributed by atoms with van der Waals surface area (Å²) < 4.78 is 37.0. The fourth-order valence-electron chi connectivity index (χ4n) is 7.29. The Kier molecular flexibility index (Phi) is 6.99. The molecule has 232 valence electrons. The van der Waals surface area contributed by atoms with Crippen LogP contribution in [0.3, 0.4) is 0 Å². The molecule has 0 radical (unpaired) electrons. The van der Waals surface area contributed by atoms with Gasteiger partial charge >= 0.3 is 0 Å². The third kappa shape index (κ3) is 5.02. The minimum absolute atomic E-state index is 0.0746. The number of benzene rings is 4. The number of rotatable bonds is 2. The van der Waals surface area contributed by atoms with Crippen molar-refractivity contribution in [3.8, 4) is 46.0 Å². The largest absolute Gasteiger partial charge is 0.493 e. The Bertz CT molecular complexity index is 1770. The highest BCUT2D eigenvalue weighted by molar-refractivity contribution is 5.64. The van der Waals surface area contributed by atoms with E-state index >= 15 is 0 Å². The summed E-state index contributed by atoms with van der Waals surface area (Å²) in [5, 5.41) is 0. The van der Waals surface area contributed by atoms with Crippen molar-refractivity contribution >= 4 is 0 Å². The van der Waals surface area contributed by atoms with Gasteiger partial charge in [0.2, 0.25) is 12.5 Å². The lowest BCUT2D eigenvalue weighted by Crippen LogP contribution is -2.39. The number of hydrogen-bond acceptors (Lipinski definition) is 8. The summed E-state index contributed by atoms with van der Waals surface area (Å²) in [5.74, 6) is 5.75. The van der Waals surface area contributed by atoms with Gasteiger partial charge in [0, 0.05) is 30.7 Å². The quantitative estimate of drug-likeness (QED) is 0.250. The molecule has 8 heteroatoms. The molecule has 4 aromatic carbocycles. The lowest BCUT2D eigenvalue weighted by atomic mass is 9.87. The summed E-state index contributed by atoms with van der Waals surface area (Å²) in [6.07, 6.45) is 3.45. The van der Waals surface area contributed by atoms with E-state index in [1.54, 1.807) is 14.2 Å². The molecule has 0 spiro atoms. The van der Waals surface area contributed by atoms with Crippen molar-refractivity contribution in [2.45, 2.75) is 44.3 Å². The van der Waals surface area contributed by atoms with E-state index in [0.29, 0.717) is 23.3 Å². The Hall–Kier alpha value is -4.40. The zero-order valence-electron chi connectivity index (χ0n) is 26.2. The summed E-state index contributed by atoms with van der Waals surface area (Å²) in [4.78, 5) is 4.82. The van der Waals surface area contributed by atoms with Crippen LogP contribution in [-0.4, -0.2) is 57.5 Å². The van der Waals surface area contributed by atoms with Crippen LogP contribution in [0.4, 0.5) is 0 Å². The van der Waals surface area contributed by atoms with Crippen molar-refractivity contribution in [2.24, 2.45) is 0 Å². The molecule has 0 aromatic heterocycles. The van der Waals surface area contributed by atoms with E-state index in [2.05, 4.69) is 66.4 Å². The van der Waals surface area contributed by atoms with Gasteiger partial charge in [-0.1, -0.05) is 18.2 Å². The van der Waals surface area contributed by atoms with E-state index in [-0.39, 0.29) is 12.8 Å². The molecule has 0 unspecified atom stereocenters. The highest BCUT2D eigenvalue weighted by atomic mass is 16.7. The van der Waals surface area contributed by atoms with Gasteiger partial charge in [0.1, 0.15) is 5.75 Å². The van der Waals surface area contributed by atoms with Crippen molar-refractivity contribution in [1.29, 1.82) is 0 Å². The molecule has 4 aromatic rings. The first-order valence-electron chi connectivity index (χ1n) is 15.6. The maximum Gasteiger partial charge on any atom is 0.231 e. The van der Waals surface area contributed by atoms with Crippen LogP contribution in [0.25, 0.3) is 0 Å². The molecular weight excluding hydrogens is 568 g/mol. The van der Waals surface area contributed by atoms with E-state index in [0.717, 1.165) is 73.1 Å². The molecule has 5 heterocycles. The van der Waals surface area contributed by atoms with Gasteiger partial charge in [0.25, 0.3) is 0 Å². The van der Waals surface area contributed by atoms with Crippen LogP contribution >= 0.6 is 0 Å². The van der Waals surface area contributed by atoms with Gasteiger partial charge in [0.15, 0.2) is 34.5 Å². The molecule has 0 N–H and O–H groups in total. The topological polar surface area (TPSA) is 61.9 Å². The Balaban J connectivity index is 1.30. The van der Waals surface area contributed by atoms with Crippen molar-refractivity contribution in [2.75, 3.05) is 41.7 Å². The average molecular weight is 607 g/mol. The standard InChI is InChI=1S/C37H38N2O6/c1-38-12-11-24-17-34-36(43-21-42-34)37-35(24)29(38)14-22-5-8-28(9-6-22)44-32-15-23(7-10-30(32)40-3)13-27-16-25-18-33(45-37)31(41-4)19-26(25)20-39(27)2/h5-10,15,17-19,27,29H,11-14,16,20-21H2,1-4H3/t27-,29+/m1/s1. The van der Waals surface area contributed by atoms with Crippen molar-refractivity contribution in [3.63, 3.8) is 0 Å². The summed E-state index contributed by atoms with van der Waals surface area (Å²) in [5.41, 5.74) is 7.29. The van der Waals surface area contributed by atoms with E-state index in [9.17, 15) is 0 Å². The number of ether oxygens (including phenoxy) is 6. The van der Waals surface area contributed by atoms with Crippen LogP contribution in [0.15, 0.2) is 60.7 Å². The fourth-order valence-corrected chi connectivity index (χ4v) is 7.29. The van der Waals surface area contributed by atoms with E-state index in [1.807, 2.05) is 18.2 Å². The number of methoxy groups -OCH3 is 2. The Morgan fingerprint density at radius 1 is 0.667 bits per heavy atom. The van der Waals surface area contributed by atoms with Gasteiger partial charge in [-0.15, -0.1) is 0 Å². The fraction of sp³-hybridized carbons (Fsp3) is 0.351. The molecule has 0 amide bonds.